The monoisotopic (exact) mass is 270 g/mol. The zero-order chi connectivity index (χ0) is 13.9. The molecule has 0 fully saturated rings. The average Bonchev–Trinajstić information content (AvgIpc) is 2.73. The fraction of sp³-hybridized carbons (Fsp3) is 0.375. The highest BCUT2D eigenvalue weighted by Crippen LogP contribution is 2.40. The lowest BCUT2D eigenvalue weighted by Gasteiger charge is -2.11. The summed E-state index contributed by atoms with van der Waals surface area (Å²) in [5.41, 5.74) is 6.65. The summed E-state index contributed by atoms with van der Waals surface area (Å²) < 4.78 is 1.37. The maximum absolute atomic E-state index is 4.62. The van der Waals surface area contributed by atoms with Crippen molar-refractivity contribution in [2.45, 2.75) is 41.5 Å². The number of aromatic nitrogens is 2. The van der Waals surface area contributed by atoms with E-state index in [0.29, 0.717) is 0 Å². The first-order valence-corrected chi connectivity index (χ1v) is 7.37. The van der Waals surface area contributed by atoms with Gasteiger partial charge in [0.15, 0.2) is 0 Å². The van der Waals surface area contributed by atoms with Crippen molar-refractivity contribution in [3.05, 3.63) is 33.8 Å². The van der Waals surface area contributed by atoms with E-state index < -0.39 is 0 Å². The maximum atomic E-state index is 4.62. The molecule has 2 heterocycles. The van der Waals surface area contributed by atoms with Gasteiger partial charge < -0.3 is 0 Å². The molecule has 0 atom stereocenters. The molecule has 3 aromatic rings. The van der Waals surface area contributed by atoms with Crippen LogP contribution >= 0.6 is 11.3 Å². The summed E-state index contributed by atoms with van der Waals surface area (Å²) in [5, 5.41) is 2.60. The van der Waals surface area contributed by atoms with Gasteiger partial charge in [-0.1, -0.05) is 0 Å². The summed E-state index contributed by atoms with van der Waals surface area (Å²) in [6.07, 6.45) is 0. The van der Waals surface area contributed by atoms with Gasteiger partial charge in [-0.3, -0.25) is 0 Å². The number of benzene rings is 1. The summed E-state index contributed by atoms with van der Waals surface area (Å²) in [6, 6.07) is 0. The molecule has 0 radical (unpaired) electrons. The molecule has 0 spiro atoms. The Morgan fingerprint density at radius 3 is 2.00 bits per heavy atom. The van der Waals surface area contributed by atoms with Gasteiger partial charge in [-0.15, -0.1) is 11.3 Å². The molecule has 2 nitrogen and oxygen atoms in total. The van der Waals surface area contributed by atoms with Crippen LogP contribution in [-0.2, 0) is 0 Å². The first-order chi connectivity index (χ1) is 8.91. The summed E-state index contributed by atoms with van der Waals surface area (Å²) in [5.74, 6) is 0.861. The number of aryl methyl sites for hydroxylation is 4. The van der Waals surface area contributed by atoms with E-state index in [4.69, 9.17) is 0 Å². The number of nitrogens with zero attached hydrogens (tertiary/aromatic N) is 2. The molecule has 98 valence electrons. The first kappa shape index (κ1) is 12.5. The molecule has 3 rings (SSSR count). The molecule has 0 saturated heterocycles. The van der Waals surface area contributed by atoms with E-state index in [1.807, 2.05) is 6.92 Å². The van der Waals surface area contributed by atoms with Crippen LogP contribution in [-0.4, -0.2) is 9.97 Å². The number of rotatable bonds is 0. The Morgan fingerprint density at radius 2 is 1.32 bits per heavy atom. The minimum Gasteiger partial charge on any atom is -0.238 e. The van der Waals surface area contributed by atoms with Crippen LogP contribution in [0.25, 0.3) is 20.3 Å². The molecule has 2 aromatic heterocycles. The summed E-state index contributed by atoms with van der Waals surface area (Å²) in [4.78, 5) is 10.3. The second-order valence-electron chi connectivity index (χ2n) is 5.34. The van der Waals surface area contributed by atoms with Gasteiger partial charge in [-0.25, -0.2) is 9.97 Å². The van der Waals surface area contributed by atoms with E-state index in [1.165, 1.54) is 37.7 Å². The Balaban J connectivity index is 2.67. The molecule has 0 N–H and O–H groups in total. The third-order valence-corrected chi connectivity index (χ3v) is 5.45. The van der Waals surface area contributed by atoms with Crippen molar-refractivity contribution >= 4 is 31.6 Å². The molecule has 0 amide bonds. The normalized spacial score (nSPS) is 11.7. The van der Waals surface area contributed by atoms with Crippen LogP contribution in [0.15, 0.2) is 0 Å². The largest absolute Gasteiger partial charge is 0.238 e. The first-order valence-electron chi connectivity index (χ1n) is 6.55. The van der Waals surface area contributed by atoms with Gasteiger partial charge in [0.05, 0.1) is 5.69 Å². The fourth-order valence-corrected chi connectivity index (χ4v) is 4.23. The van der Waals surface area contributed by atoms with Crippen LogP contribution in [0, 0.1) is 41.5 Å². The molecule has 19 heavy (non-hydrogen) atoms. The Labute approximate surface area is 117 Å². The zero-order valence-corrected chi connectivity index (χ0v) is 13.1. The van der Waals surface area contributed by atoms with E-state index in [9.17, 15) is 0 Å². The number of thiophene rings is 1. The average molecular weight is 270 g/mol. The van der Waals surface area contributed by atoms with Gasteiger partial charge >= 0.3 is 0 Å². The van der Waals surface area contributed by atoms with Gasteiger partial charge in [0.25, 0.3) is 0 Å². The molecule has 0 saturated carbocycles. The smallest absolute Gasteiger partial charge is 0.128 e. The lowest BCUT2D eigenvalue weighted by atomic mass is 9.95. The minimum atomic E-state index is 0.861. The Morgan fingerprint density at radius 1 is 0.684 bits per heavy atom. The highest BCUT2D eigenvalue weighted by molar-refractivity contribution is 7.25. The second-order valence-corrected chi connectivity index (χ2v) is 6.34. The van der Waals surface area contributed by atoms with Crippen LogP contribution in [0.2, 0.25) is 0 Å². The molecule has 0 bridgehead atoms. The number of fused-ring (bicyclic) bond motifs is 3. The zero-order valence-electron chi connectivity index (χ0n) is 12.3. The quantitative estimate of drug-likeness (QED) is 0.592. The van der Waals surface area contributed by atoms with Gasteiger partial charge in [0.2, 0.25) is 0 Å². The molecule has 0 aliphatic heterocycles. The van der Waals surface area contributed by atoms with E-state index >= 15 is 0 Å². The minimum absolute atomic E-state index is 0.861. The maximum Gasteiger partial charge on any atom is 0.128 e. The second kappa shape index (κ2) is 4.01. The van der Waals surface area contributed by atoms with Gasteiger partial charge in [-0.2, -0.15) is 0 Å². The molecule has 0 unspecified atom stereocenters. The topological polar surface area (TPSA) is 25.8 Å². The summed E-state index contributed by atoms with van der Waals surface area (Å²) >= 11 is 1.80. The van der Waals surface area contributed by atoms with E-state index in [2.05, 4.69) is 44.6 Å². The lowest BCUT2D eigenvalue weighted by Crippen LogP contribution is -1.93. The summed E-state index contributed by atoms with van der Waals surface area (Å²) in [7, 11) is 0. The van der Waals surface area contributed by atoms with E-state index in [0.717, 1.165) is 16.3 Å². The predicted octanol–water partition coefficient (Wildman–Crippen LogP) is 4.70. The molecule has 1 aromatic carbocycles. The SMILES string of the molecule is Cc1nc(C)c2c(n1)sc1c(C)c(C)c(C)c(C)c12. The van der Waals surface area contributed by atoms with Crippen LogP contribution in [0.1, 0.15) is 33.8 Å². The van der Waals surface area contributed by atoms with Crippen LogP contribution in [0.3, 0.4) is 0 Å². The van der Waals surface area contributed by atoms with Crippen molar-refractivity contribution in [3.63, 3.8) is 0 Å². The van der Waals surface area contributed by atoms with Gasteiger partial charge in [0, 0.05) is 15.5 Å². The lowest BCUT2D eigenvalue weighted by molar-refractivity contribution is 1.06. The molecular weight excluding hydrogens is 252 g/mol. The third kappa shape index (κ3) is 1.61. The van der Waals surface area contributed by atoms with Crippen molar-refractivity contribution < 1.29 is 0 Å². The van der Waals surface area contributed by atoms with Crippen molar-refractivity contribution in [2.75, 3.05) is 0 Å². The van der Waals surface area contributed by atoms with Crippen molar-refractivity contribution in [1.29, 1.82) is 0 Å². The van der Waals surface area contributed by atoms with Crippen molar-refractivity contribution in [3.8, 4) is 0 Å². The van der Waals surface area contributed by atoms with Crippen LogP contribution in [0.4, 0.5) is 0 Å². The number of hydrogen-bond acceptors (Lipinski definition) is 3. The van der Waals surface area contributed by atoms with E-state index in [-0.39, 0.29) is 0 Å². The van der Waals surface area contributed by atoms with Crippen LogP contribution < -0.4 is 0 Å². The van der Waals surface area contributed by atoms with E-state index in [1.54, 1.807) is 11.3 Å². The van der Waals surface area contributed by atoms with Crippen molar-refractivity contribution in [2.24, 2.45) is 0 Å². The van der Waals surface area contributed by atoms with Crippen LogP contribution in [0.5, 0.6) is 0 Å². The molecule has 3 heteroatoms. The Hall–Kier alpha value is -1.48. The summed E-state index contributed by atoms with van der Waals surface area (Å²) in [6.45, 7) is 12.9. The molecule has 0 aliphatic carbocycles. The Bertz CT molecular complexity index is 828. The fourth-order valence-electron chi connectivity index (χ4n) is 2.85. The van der Waals surface area contributed by atoms with Gasteiger partial charge in [-0.05, 0) is 63.8 Å². The highest BCUT2D eigenvalue weighted by Gasteiger charge is 2.17. The molecular formula is C16H18N2S. The highest BCUT2D eigenvalue weighted by atomic mass is 32.1. The van der Waals surface area contributed by atoms with Crippen molar-refractivity contribution in [1.82, 2.24) is 9.97 Å². The Kier molecular flexibility index (Phi) is 2.65. The third-order valence-electron chi connectivity index (χ3n) is 4.25. The number of hydrogen-bond donors (Lipinski definition) is 0. The predicted molar refractivity (Wildman–Crippen MR) is 83.3 cm³/mol. The molecule has 0 aliphatic rings. The van der Waals surface area contributed by atoms with Gasteiger partial charge in [0.1, 0.15) is 10.7 Å². The standard InChI is InChI=1S/C16H18N2S/c1-7-8(2)10(4)15-13(9(7)3)14-11(5)17-12(6)18-16(14)19-15/h1-6H3.